The molecule has 0 saturated carbocycles. The lowest BCUT2D eigenvalue weighted by molar-refractivity contribution is -0.122. The first kappa shape index (κ1) is 13.5. The molecule has 0 aromatic rings. The molecule has 94 valence electrons. The van der Waals surface area contributed by atoms with Crippen LogP contribution in [0.4, 0.5) is 0 Å². The van der Waals surface area contributed by atoms with E-state index in [1.54, 1.807) is 7.11 Å². The van der Waals surface area contributed by atoms with Gasteiger partial charge in [0.05, 0.1) is 6.10 Å². The molecule has 0 bridgehead atoms. The van der Waals surface area contributed by atoms with E-state index < -0.39 is 0 Å². The normalized spacial score (nSPS) is 27.4. The number of methoxy groups -OCH3 is 1. The summed E-state index contributed by atoms with van der Waals surface area (Å²) in [5.74, 6) is 0.681. The second kappa shape index (κ2) is 6.86. The average Bonchev–Trinajstić information content (AvgIpc) is 2.29. The van der Waals surface area contributed by atoms with Gasteiger partial charge in [0, 0.05) is 19.6 Å². The van der Waals surface area contributed by atoms with Gasteiger partial charge in [-0.05, 0) is 38.8 Å². The van der Waals surface area contributed by atoms with E-state index in [4.69, 9.17) is 4.74 Å². The number of nitrogens with one attached hydrogen (secondary N) is 2. The van der Waals surface area contributed by atoms with Gasteiger partial charge in [-0.1, -0.05) is 6.92 Å². The van der Waals surface area contributed by atoms with Crippen LogP contribution < -0.4 is 10.6 Å². The number of carbonyl (C=O) groups is 1. The minimum atomic E-state index is 0.155. The minimum Gasteiger partial charge on any atom is -0.382 e. The zero-order valence-electron chi connectivity index (χ0n) is 10.6. The Morgan fingerprint density at radius 1 is 1.62 bits per heavy atom. The van der Waals surface area contributed by atoms with Crippen LogP contribution in [0.25, 0.3) is 0 Å². The van der Waals surface area contributed by atoms with Crippen LogP contribution in [0.5, 0.6) is 0 Å². The Kier molecular flexibility index (Phi) is 5.77. The highest BCUT2D eigenvalue weighted by atomic mass is 16.5. The number of hydrogen-bond donors (Lipinski definition) is 2. The molecular weight excluding hydrogens is 204 g/mol. The molecule has 2 N–H and O–H groups in total. The molecule has 0 aromatic heterocycles. The number of piperidine rings is 1. The van der Waals surface area contributed by atoms with E-state index >= 15 is 0 Å². The quantitative estimate of drug-likeness (QED) is 0.735. The molecule has 1 rings (SSSR count). The third-order valence-electron chi connectivity index (χ3n) is 3.31. The van der Waals surface area contributed by atoms with Crippen molar-refractivity contribution in [3.8, 4) is 0 Å². The molecule has 3 atom stereocenters. The van der Waals surface area contributed by atoms with Gasteiger partial charge < -0.3 is 15.4 Å². The summed E-state index contributed by atoms with van der Waals surface area (Å²) in [6.07, 6.45) is 2.55. The molecule has 1 saturated heterocycles. The Morgan fingerprint density at radius 2 is 2.38 bits per heavy atom. The zero-order chi connectivity index (χ0) is 12.0. The highest BCUT2D eigenvalue weighted by Gasteiger charge is 2.22. The fourth-order valence-electron chi connectivity index (χ4n) is 1.96. The number of carbonyl (C=O) groups excluding carboxylic acids is 1. The lowest BCUT2D eigenvalue weighted by Crippen LogP contribution is -2.48. The topological polar surface area (TPSA) is 50.4 Å². The Balaban J connectivity index is 2.22. The van der Waals surface area contributed by atoms with Gasteiger partial charge in [0.1, 0.15) is 0 Å². The van der Waals surface area contributed by atoms with E-state index in [9.17, 15) is 4.79 Å². The maximum absolute atomic E-state index is 11.7. The van der Waals surface area contributed by atoms with E-state index in [1.165, 1.54) is 0 Å². The molecule has 1 aliphatic rings. The summed E-state index contributed by atoms with van der Waals surface area (Å²) in [5, 5.41) is 6.44. The van der Waals surface area contributed by atoms with Gasteiger partial charge in [-0.25, -0.2) is 0 Å². The van der Waals surface area contributed by atoms with Crippen LogP contribution in [-0.2, 0) is 9.53 Å². The number of rotatable bonds is 5. The third-order valence-corrected chi connectivity index (χ3v) is 3.31. The van der Waals surface area contributed by atoms with Crippen LogP contribution in [0.1, 0.15) is 33.1 Å². The molecule has 1 aliphatic heterocycles. The van der Waals surface area contributed by atoms with Gasteiger partial charge in [0.2, 0.25) is 5.91 Å². The van der Waals surface area contributed by atoms with Crippen molar-refractivity contribution >= 4 is 5.91 Å². The van der Waals surface area contributed by atoms with E-state index in [-0.39, 0.29) is 12.0 Å². The van der Waals surface area contributed by atoms with Crippen LogP contribution in [-0.4, -0.2) is 38.3 Å². The van der Waals surface area contributed by atoms with Crippen LogP contribution >= 0.6 is 0 Å². The first-order valence-corrected chi connectivity index (χ1v) is 6.16. The maximum atomic E-state index is 11.7. The van der Waals surface area contributed by atoms with Gasteiger partial charge in [0.25, 0.3) is 0 Å². The Bertz CT molecular complexity index is 221. The second-order valence-electron chi connectivity index (χ2n) is 4.73. The zero-order valence-corrected chi connectivity index (χ0v) is 10.6. The highest BCUT2D eigenvalue weighted by Crippen LogP contribution is 2.11. The molecule has 4 heteroatoms. The molecule has 0 aliphatic carbocycles. The average molecular weight is 228 g/mol. The van der Waals surface area contributed by atoms with Crippen molar-refractivity contribution in [2.75, 3.05) is 20.2 Å². The predicted octanol–water partition coefficient (Wildman–Crippen LogP) is 0.916. The summed E-state index contributed by atoms with van der Waals surface area (Å²) >= 11 is 0. The van der Waals surface area contributed by atoms with E-state index in [0.717, 1.165) is 25.9 Å². The Labute approximate surface area is 98.1 Å². The molecule has 4 nitrogen and oxygen atoms in total. The predicted molar refractivity (Wildman–Crippen MR) is 64.3 cm³/mol. The fourth-order valence-corrected chi connectivity index (χ4v) is 1.96. The van der Waals surface area contributed by atoms with Crippen LogP contribution in [0.15, 0.2) is 0 Å². The van der Waals surface area contributed by atoms with E-state index in [1.807, 2.05) is 6.92 Å². The van der Waals surface area contributed by atoms with Crippen LogP contribution in [0.3, 0.4) is 0 Å². The summed E-state index contributed by atoms with van der Waals surface area (Å²) in [6.45, 7) is 6.17. The summed E-state index contributed by atoms with van der Waals surface area (Å²) < 4.78 is 5.12. The van der Waals surface area contributed by atoms with Gasteiger partial charge in [-0.3, -0.25) is 4.79 Å². The van der Waals surface area contributed by atoms with Crippen LogP contribution in [0.2, 0.25) is 0 Å². The fraction of sp³-hybridized carbons (Fsp3) is 0.917. The first-order valence-electron chi connectivity index (χ1n) is 6.16. The van der Waals surface area contributed by atoms with Gasteiger partial charge in [0.15, 0.2) is 0 Å². The number of hydrogen-bond acceptors (Lipinski definition) is 3. The molecule has 1 heterocycles. The largest absolute Gasteiger partial charge is 0.382 e. The molecule has 0 aromatic carbocycles. The number of ether oxygens (including phenoxy) is 1. The molecule has 0 spiro atoms. The van der Waals surface area contributed by atoms with Crippen molar-refractivity contribution in [1.29, 1.82) is 0 Å². The molecule has 3 unspecified atom stereocenters. The minimum absolute atomic E-state index is 0.155. The van der Waals surface area contributed by atoms with Crippen molar-refractivity contribution in [3.05, 3.63) is 0 Å². The Morgan fingerprint density at radius 3 is 3.00 bits per heavy atom. The SMILES string of the molecule is COC(C)CCC(=O)NC1CCNCC1C. The summed E-state index contributed by atoms with van der Waals surface area (Å²) in [7, 11) is 1.68. The lowest BCUT2D eigenvalue weighted by atomic mass is 9.95. The van der Waals surface area contributed by atoms with Crippen molar-refractivity contribution in [2.45, 2.75) is 45.3 Å². The van der Waals surface area contributed by atoms with E-state index in [0.29, 0.717) is 18.4 Å². The first-order chi connectivity index (χ1) is 7.63. The van der Waals surface area contributed by atoms with E-state index in [2.05, 4.69) is 17.6 Å². The smallest absolute Gasteiger partial charge is 0.220 e. The van der Waals surface area contributed by atoms with Gasteiger partial charge in [-0.15, -0.1) is 0 Å². The molecule has 1 fully saturated rings. The third kappa shape index (κ3) is 4.49. The molecule has 0 radical (unpaired) electrons. The van der Waals surface area contributed by atoms with Crippen LogP contribution in [0, 0.1) is 5.92 Å². The Hall–Kier alpha value is -0.610. The number of amides is 1. The van der Waals surface area contributed by atoms with Crippen molar-refractivity contribution < 1.29 is 9.53 Å². The van der Waals surface area contributed by atoms with Gasteiger partial charge >= 0.3 is 0 Å². The highest BCUT2D eigenvalue weighted by molar-refractivity contribution is 5.76. The molecule has 1 amide bonds. The van der Waals surface area contributed by atoms with Crippen molar-refractivity contribution in [1.82, 2.24) is 10.6 Å². The van der Waals surface area contributed by atoms with Gasteiger partial charge in [-0.2, -0.15) is 0 Å². The monoisotopic (exact) mass is 228 g/mol. The summed E-state index contributed by atoms with van der Waals surface area (Å²) in [4.78, 5) is 11.7. The maximum Gasteiger partial charge on any atom is 0.220 e. The standard InChI is InChI=1S/C12H24N2O2/c1-9-8-13-7-6-11(9)14-12(15)5-4-10(2)16-3/h9-11,13H,4-8H2,1-3H3,(H,14,15). The summed E-state index contributed by atoms with van der Waals surface area (Å²) in [6, 6.07) is 0.339. The second-order valence-corrected chi connectivity index (χ2v) is 4.73. The molecular formula is C12H24N2O2. The lowest BCUT2D eigenvalue weighted by Gasteiger charge is -2.30. The van der Waals surface area contributed by atoms with Crippen molar-refractivity contribution in [2.24, 2.45) is 5.92 Å². The van der Waals surface area contributed by atoms with Crippen molar-refractivity contribution in [3.63, 3.8) is 0 Å². The molecule has 16 heavy (non-hydrogen) atoms. The summed E-state index contributed by atoms with van der Waals surface area (Å²) in [5.41, 5.74) is 0.